The number of aliphatic hydroxyl groups is 1. The summed E-state index contributed by atoms with van der Waals surface area (Å²) in [4.78, 5) is 27.5. The molecule has 7 heteroatoms. The van der Waals surface area contributed by atoms with E-state index in [1.54, 1.807) is 17.0 Å². The van der Waals surface area contributed by atoms with Crippen molar-refractivity contribution in [1.82, 2.24) is 10.6 Å². The summed E-state index contributed by atoms with van der Waals surface area (Å²) in [6.45, 7) is 9.00. The van der Waals surface area contributed by atoms with E-state index in [1.807, 2.05) is 43.3 Å². The lowest BCUT2D eigenvalue weighted by Gasteiger charge is -2.25. The number of carbonyl (C=O) groups excluding carboxylic acids is 2. The molecule has 0 unspecified atom stereocenters. The molecule has 0 bridgehead atoms. The van der Waals surface area contributed by atoms with Crippen molar-refractivity contribution in [2.24, 2.45) is 5.92 Å². The van der Waals surface area contributed by atoms with E-state index in [0.29, 0.717) is 44.0 Å². The number of amides is 2. The molecule has 0 aliphatic carbocycles. The average molecular weight is 495 g/mol. The second-order valence-electron chi connectivity index (χ2n) is 10.0. The summed E-state index contributed by atoms with van der Waals surface area (Å²) in [5.41, 5.74) is 3.05. The fourth-order valence-corrected chi connectivity index (χ4v) is 4.56. The Hall–Kier alpha value is -2.90. The lowest BCUT2D eigenvalue weighted by atomic mass is 10.00. The van der Waals surface area contributed by atoms with E-state index in [2.05, 4.69) is 29.8 Å². The van der Waals surface area contributed by atoms with Gasteiger partial charge in [-0.3, -0.25) is 9.59 Å². The maximum atomic E-state index is 13.4. The van der Waals surface area contributed by atoms with E-state index in [1.165, 1.54) is 0 Å². The SMILES string of the molecule is CCNc1cc(C(=O)N[C@@H](Cc2ccccc2)[C@@H](O)CNCCCC(C)C)cc(N2CCCC2=O)c1. The van der Waals surface area contributed by atoms with Gasteiger partial charge >= 0.3 is 0 Å². The Morgan fingerprint density at radius 2 is 1.92 bits per heavy atom. The Labute approximate surface area is 215 Å². The summed E-state index contributed by atoms with van der Waals surface area (Å²) in [6, 6.07) is 14.9. The molecule has 2 aromatic carbocycles. The monoisotopic (exact) mass is 494 g/mol. The molecule has 1 fully saturated rings. The normalized spacial score (nSPS) is 15.2. The molecule has 0 aromatic heterocycles. The highest BCUT2D eigenvalue weighted by molar-refractivity contribution is 6.00. The zero-order chi connectivity index (χ0) is 25.9. The van der Waals surface area contributed by atoms with Crippen molar-refractivity contribution >= 4 is 23.2 Å². The smallest absolute Gasteiger partial charge is 0.251 e. The highest BCUT2D eigenvalue weighted by Crippen LogP contribution is 2.27. The van der Waals surface area contributed by atoms with Gasteiger partial charge in [-0.1, -0.05) is 44.2 Å². The van der Waals surface area contributed by atoms with E-state index in [0.717, 1.165) is 42.7 Å². The van der Waals surface area contributed by atoms with Crippen LogP contribution in [0.1, 0.15) is 62.4 Å². The van der Waals surface area contributed by atoms with Crippen LogP contribution in [-0.4, -0.2) is 55.2 Å². The Morgan fingerprint density at radius 3 is 2.58 bits per heavy atom. The zero-order valence-corrected chi connectivity index (χ0v) is 21.9. The topological polar surface area (TPSA) is 93.7 Å². The Kier molecular flexibility index (Phi) is 10.8. The first kappa shape index (κ1) is 27.7. The summed E-state index contributed by atoms with van der Waals surface area (Å²) in [6.07, 6.45) is 3.31. The van der Waals surface area contributed by atoms with Gasteiger partial charge < -0.3 is 26.0 Å². The minimum atomic E-state index is -0.746. The molecule has 196 valence electrons. The third kappa shape index (κ3) is 8.35. The molecule has 0 saturated carbocycles. The van der Waals surface area contributed by atoms with E-state index >= 15 is 0 Å². The van der Waals surface area contributed by atoms with Crippen LogP contribution in [0.4, 0.5) is 11.4 Å². The highest BCUT2D eigenvalue weighted by Gasteiger charge is 2.25. The Balaban J connectivity index is 1.75. The van der Waals surface area contributed by atoms with Gasteiger partial charge in [-0.05, 0) is 68.8 Å². The lowest BCUT2D eigenvalue weighted by Crippen LogP contribution is -2.49. The molecule has 2 aromatic rings. The Morgan fingerprint density at radius 1 is 1.14 bits per heavy atom. The van der Waals surface area contributed by atoms with Crippen molar-refractivity contribution in [3.05, 3.63) is 59.7 Å². The number of rotatable bonds is 14. The summed E-state index contributed by atoms with van der Waals surface area (Å²) in [7, 11) is 0. The van der Waals surface area contributed by atoms with Crippen LogP contribution >= 0.6 is 0 Å². The maximum absolute atomic E-state index is 13.4. The predicted octanol–water partition coefficient (Wildman–Crippen LogP) is 3.97. The molecular formula is C29H42N4O3. The molecule has 7 nitrogen and oxygen atoms in total. The van der Waals surface area contributed by atoms with Gasteiger partial charge in [0.25, 0.3) is 5.91 Å². The van der Waals surface area contributed by atoms with Crippen LogP contribution < -0.4 is 20.9 Å². The quantitative estimate of drug-likeness (QED) is 0.298. The largest absolute Gasteiger partial charge is 0.390 e. The van der Waals surface area contributed by atoms with Gasteiger partial charge in [0.2, 0.25) is 5.91 Å². The second-order valence-corrected chi connectivity index (χ2v) is 10.0. The molecule has 1 aliphatic rings. The number of hydrogen-bond acceptors (Lipinski definition) is 5. The first-order chi connectivity index (χ1) is 17.4. The molecule has 4 N–H and O–H groups in total. The molecule has 1 aliphatic heterocycles. The molecule has 2 atom stereocenters. The van der Waals surface area contributed by atoms with E-state index in [-0.39, 0.29) is 11.8 Å². The van der Waals surface area contributed by atoms with E-state index < -0.39 is 12.1 Å². The molecule has 1 saturated heterocycles. The number of carbonyl (C=O) groups is 2. The van der Waals surface area contributed by atoms with Crippen molar-refractivity contribution in [1.29, 1.82) is 0 Å². The van der Waals surface area contributed by atoms with Crippen molar-refractivity contribution in [3.8, 4) is 0 Å². The van der Waals surface area contributed by atoms with Gasteiger partial charge in [-0.15, -0.1) is 0 Å². The summed E-state index contributed by atoms with van der Waals surface area (Å²) < 4.78 is 0. The standard InChI is InChI=1S/C29H42N4O3/c1-4-31-24-17-23(18-25(19-24)33-15-9-13-28(33)35)29(36)32-26(16-22-11-6-5-7-12-22)27(34)20-30-14-8-10-21(2)3/h5-7,11-12,17-19,21,26-27,30-31,34H,4,8-10,13-16,20H2,1-3H3,(H,32,36)/t26-,27-/m0/s1. The maximum Gasteiger partial charge on any atom is 0.251 e. The summed E-state index contributed by atoms with van der Waals surface area (Å²) >= 11 is 0. The van der Waals surface area contributed by atoms with E-state index in [4.69, 9.17) is 0 Å². The van der Waals surface area contributed by atoms with Crippen molar-refractivity contribution < 1.29 is 14.7 Å². The van der Waals surface area contributed by atoms with Crippen LogP contribution in [0.25, 0.3) is 0 Å². The van der Waals surface area contributed by atoms with Gasteiger partial charge in [0.15, 0.2) is 0 Å². The predicted molar refractivity (Wildman–Crippen MR) is 147 cm³/mol. The number of nitrogens with zero attached hydrogens (tertiary/aromatic N) is 1. The number of anilines is 2. The molecular weight excluding hydrogens is 452 g/mol. The fourth-order valence-electron chi connectivity index (χ4n) is 4.56. The number of nitrogens with one attached hydrogen (secondary N) is 3. The van der Waals surface area contributed by atoms with Crippen molar-refractivity contribution in [2.45, 2.75) is 65.0 Å². The Bertz CT molecular complexity index is 980. The average Bonchev–Trinajstić information content (AvgIpc) is 3.29. The second kappa shape index (κ2) is 14.0. The third-order valence-electron chi connectivity index (χ3n) is 6.51. The first-order valence-corrected chi connectivity index (χ1v) is 13.3. The van der Waals surface area contributed by atoms with Crippen LogP contribution in [-0.2, 0) is 11.2 Å². The van der Waals surface area contributed by atoms with Crippen LogP contribution in [0.3, 0.4) is 0 Å². The minimum absolute atomic E-state index is 0.0796. The van der Waals surface area contributed by atoms with E-state index in [9.17, 15) is 14.7 Å². The van der Waals surface area contributed by atoms with Gasteiger partial charge in [-0.2, -0.15) is 0 Å². The van der Waals surface area contributed by atoms with Gasteiger partial charge in [-0.25, -0.2) is 0 Å². The summed E-state index contributed by atoms with van der Waals surface area (Å²) in [5, 5.41) is 20.7. The van der Waals surface area contributed by atoms with Crippen LogP contribution in [0.5, 0.6) is 0 Å². The molecule has 1 heterocycles. The van der Waals surface area contributed by atoms with Gasteiger partial charge in [0.1, 0.15) is 0 Å². The molecule has 0 radical (unpaired) electrons. The fraction of sp³-hybridized carbons (Fsp3) is 0.517. The van der Waals surface area contributed by atoms with Gasteiger partial charge in [0.05, 0.1) is 12.1 Å². The first-order valence-electron chi connectivity index (χ1n) is 13.3. The van der Waals surface area contributed by atoms with Gasteiger partial charge in [0, 0.05) is 43.0 Å². The van der Waals surface area contributed by atoms with Crippen molar-refractivity contribution in [2.75, 3.05) is 36.4 Å². The molecule has 2 amide bonds. The summed E-state index contributed by atoms with van der Waals surface area (Å²) in [5.74, 6) is 0.471. The minimum Gasteiger partial charge on any atom is -0.390 e. The van der Waals surface area contributed by atoms with Crippen molar-refractivity contribution in [3.63, 3.8) is 0 Å². The number of hydrogen-bond donors (Lipinski definition) is 4. The van der Waals surface area contributed by atoms with Crippen LogP contribution in [0.2, 0.25) is 0 Å². The lowest BCUT2D eigenvalue weighted by molar-refractivity contribution is -0.117. The molecule has 36 heavy (non-hydrogen) atoms. The third-order valence-corrected chi connectivity index (χ3v) is 6.51. The molecule has 0 spiro atoms. The number of benzene rings is 2. The molecule has 3 rings (SSSR count). The zero-order valence-electron chi connectivity index (χ0n) is 21.9. The van der Waals surface area contributed by atoms with Crippen LogP contribution in [0.15, 0.2) is 48.5 Å². The van der Waals surface area contributed by atoms with Crippen LogP contribution in [0, 0.1) is 5.92 Å². The number of aliphatic hydroxyl groups excluding tert-OH is 1. The highest BCUT2D eigenvalue weighted by atomic mass is 16.3.